The lowest BCUT2D eigenvalue weighted by molar-refractivity contribution is -0.121. The summed E-state index contributed by atoms with van der Waals surface area (Å²) in [5, 5.41) is 0. The van der Waals surface area contributed by atoms with Crippen LogP contribution in [0, 0.1) is 17.8 Å². The van der Waals surface area contributed by atoms with Gasteiger partial charge in [-0.25, -0.2) is 0 Å². The molecule has 0 spiro atoms. The predicted octanol–water partition coefficient (Wildman–Crippen LogP) is 3.11. The lowest BCUT2D eigenvalue weighted by atomic mass is 9.89. The molecule has 0 aromatic carbocycles. The number of carbonyl (C=O) groups excluding carboxylic acids is 1. The molecule has 2 fully saturated rings. The minimum atomic E-state index is 0.366. The van der Waals surface area contributed by atoms with Crippen molar-refractivity contribution in [3.63, 3.8) is 0 Å². The molecule has 0 aromatic heterocycles. The van der Waals surface area contributed by atoms with E-state index in [0.29, 0.717) is 11.7 Å². The molecule has 0 aromatic rings. The molecule has 1 saturated carbocycles. The van der Waals surface area contributed by atoms with Crippen LogP contribution in [0.2, 0.25) is 0 Å². The monoisotopic (exact) mass is 237 g/mol. The van der Waals surface area contributed by atoms with Gasteiger partial charge < -0.3 is 4.90 Å². The summed E-state index contributed by atoms with van der Waals surface area (Å²) in [4.78, 5) is 14.2. The molecule has 0 N–H and O–H groups in total. The van der Waals surface area contributed by atoms with Gasteiger partial charge in [-0.05, 0) is 57.0 Å². The Morgan fingerprint density at radius 2 is 2.00 bits per heavy atom. The number of rotatable bonds is 3. The Kier molecular flexibility index (Phi) is 4.61. The summed E-state index contributed by atoms with van der Waals surface area (Å²) in [6.45, 7) is 8.17. The lowest BCUT2D eigenvalue weighted by Crippen LogP contribution is -2.32. The third-order valence-corrected chi connectivity index (χ3v) is 4.72. The van der Waals surface area contributed by atoms with Crippen LogP contribution in [0.5, 0.6) is 0 Å². The van der Waals surface area contributed by atoms with Gasteiger partial charge in [0.05, 0.1) is 0 Å². The van der Waals surface area contributed by atoms with Crippen LogP contribution >= 0.6 is 0 Å². The minimum Gasteiger partial charge on any atom is -0.303 e. The minimum absolute atomic E-state index is 0.366. The highest BCUT2D eigenvalue weighted by molar-refractivity contribution is 5.83. The number of likely N-dealkylation sites (tertiary alicyclic amines) is 1. The third kappa shape index (κ3) is 3.54. The lowest BCUT2D eigenvalue weighted by Gasteiger charge is -2.23. The van der Waals surface area contributed by atoms with Crippen molar-refractivity contribution in [1.29, 1.82) is 0 Å². The van der Waals surface area contributed by atoms with Gasteiger partial charge >= 0.3 is 0 Å². The van der Waals surface area contributed by atoms with E-state index in [9.17, 15) is 4.79 Å². The van der Waals surface area contributed by atoms with Gasteiger partial charge in [-0.2, -0.15) is 0 Å². The topological polar surface area (TPSA) is 20.3 Å². The Morgan fingerprint density at radius 3 is 2.65 bits per heavy atom. The first-order valence-corrected chi connectivity index (χ1v) is 7.42. The van der Waals surface area contributed by atoms with E-state index in [2.05, 4.69) is 18.7 Å². The largest absolute Gasteiger partial charge is 0.303 e. The first-order valence-electron chi connectivity index (χ1n) is 7.42. The van der Waals surface area contributed by atoms with Crippen molar-refractivity contribution in [2.75, 3.05) is 19.6 Å². The Morgan fingerprint density at radius 1 is 1.18 bits per heavy atom. The van der Waals surface area contributed by atoms with Gasteiger partial charge in [0.15, 0.2) is 0 Å². The van der Waals surface area contributed by atoms with Crippen LogP contribution < -0.4 is 0 Å². The van der Waals surface area contributed by atoms with Crippen molar-refractivity contribution >= 4 is 5.78 Å². The zero-order chi connectivity index (χ0) is 12.3. The molecule has 1 saturated heterocycles. The number of carbonyl (C=O) groups is 1. The average Bonchev–Trinajstić information content (AvgIpc) is 2.55. The van der Waals surface area contributed by atoms with Gasteiger partial charge in [0.1, 0.15) is 5.78 Å². The SMILES string of the molecule is CC(C)C1CCCN(CC2CCCC2=O)CC1. The zero-order valence-corrected chi connectivity index (χ0v) is 11.5. The first-order chi connectivity index (χ1) is 8.16. The fraction of sp³-hybridized carbons (Fsp3) is 0.933. The maximum Gasteiger partial charge on any atom is 0.137 e. The summed E-state index contributed by atoms with van der Waals surface area (Å²) >= 11 is 0. The molecular weight excluding hydrogens is 210 g/mol. The Hall–Kier alpha value is -0.370. The van der Waals surface area contributed by atoms with E-state index >= 15 is 0 Å². The van der Waals surface area contributed by atoms with Crippen molar-refractivity contribution in [2.45, 2.75) is 52.4 Å². The van der Waals surface area contributed by atoms with Crippen molar-refractivity contribution in [1.82, 2.24) is 4.90 Å². The molecule has 2 unspecified atom stereocenters. The molecular formula is C15H27NO. The fourth-order valence-corrected chi connectivity index (χ4v) is 3.42. The normalized spacial score (nSPS) is 32.1. The van der Waals surface area contributed by atoms with Crippen LogP contribution in [0.4, 0.5) is 0 Å². The Labute approximate surface area is 106 Å². The number of Topliss-reactive ketones (excluding diaryl/α,β-unsaturated/α-hetero) is 1. The summed E-state index contributed by atoms with van der Waals surface area (Å²) in [6.07, 6.45) is 7.15. The molecule has 2 rings (SSSR count). The third-order valence-electron chi connectivity index (χ3n) is 4.72. The summed E-state index contributed by atoms with van der Waals surface area (Å²) in [6, 6.07) is 0. The second-order valence-corrected chi connectivity index (χ2v) is 6.29. The Balaban J connectivity index is 1.80. The molecule has 2 nitrogen and oxygen atoms in total. The van der Waals surface area contributed by atoms with Crippen LogP contribution in [0.15, 0.2) is 0 Å². The molecule has 2 aliphatic rings. The van der Waals surface area contributed by atoms with Crippen molar-refractivity contribution in [2.24, 2.45) is 17.8 Å². The second-order valence-electron chi connectivity index (χ2n) is 6.29. The molecule has 0 bridgehead atoms. The van der Waals surface area contributed by atoms with E-state index in [4.69, 9.17) is 0 Å². The maximum atomic E-state index is 11.7. The van der Waals surface area contributed by atoms with Gasteiger partial charge in [0.2, 0.25) is 0 Å². The molecule has 0 amide bonds. The Bertz CT molecular complexity index is 262. The molecule has 1 aliphatic heterocycles. The number of nitrogens with zero attached hydrogens (tertiary/aromatic N) is 1. The van der Waals surface area contributed by atoms with Crippen LogP contribution in [-0.4, -0.2) is 30.3 Å². The molecule has 2 heteroatoms. The molecule has 1 heterocycles. The molecule has 98 valence electrons. The van der Waals surface area contributed by atoms with Crippen LogP contribution in [0.25, 0.3) is 0 Å². The van der Waals surface area contributed by atoms with E-state index in [1.165, 1.54) is 32.4 Å². The molecule has 1 aliphatic carbocycles. The smallest absolute Gasteiger partial charge is 0.137 e. The standard InChI is InChI=1S/C15H27NO/c1-12(2)13-6-4-9-16(10-8-13)11-14-5-3-7-15(14)17/h12-14H,3-11H2,1-2H3. The summed E-state index contributed by atoms with van der Waals surface area (Å²) < 4.78 is 0. The van der Waals surface area contributed by atoms with E-state index < -0.39 is 0 Å². The maximum absolute atomic E-state index is 11.7. The number of hydrogen-bond acceptors (Lipinski definition) is 2. The number of ketones is 1. The molecule has 0 radical (unpaired) electrons. The van der Waals surface area contributed by atoms with Crippen LogP contribution in [0.3, 0.4) is 0 Å². The van der Waals surface area contributed by atoms with Gasteiger partial charge in [-0.1, -0.05) is 13.8 Å². The quantitative estimate of drug-likeness (QED) is 0.751. The average molecular weight is 237 g/mol. The van der Waals surface area contributed by atoms with Gasteiger partial charge in [0, 0.05) is 18.9 Å². The fourth-order valence-electron chi connectivity index (χ4n) is 3.42. The summed E-state index contributed by atoms with van der Waals surface area (Å²) in [5.74, 6) is 2.61. The van der Waals surface area contributed by atoms with Crippen molar-refractivity contribution in [3.05, 3.63) is 0 Å². The first kappa shape index (κ1) is 13.1. The van der Waals surface area contributed by atoms with E-state index in [1.807, 2.05) is 0 Å². The summed E-state index contributed by atoms with van der Waals surface area (Å²) in [5.41, 5.74) is 0. The van der Waals surface area contributed by atoms with E-state index in [1.54, 1.807) is 0 Å². The second kappa shape index (κ2) is 5.99. The van der Waals surface area contributed by atoms with Gasteiger partial charge in [-0.15, -0.1) is 0 Å². The van der Waals surface area contributed by atoms with E-state index in [-0.39, 0.29) is 0 Å². The van der Waals surface area contributed by atoms with Crippen LogP contribution in [-0.2, 0) is 4.79 Å². The molecule has 17 heavy (non-hydrogen) atoms. The van der Waals surface area contributed by atoms with E-state index in [0.717, 1.165) is 37.6 Å². The van der Waals surface area contributed by atoms with Gasteiger partial charge in [-0.3, -0.25) is 4.79 Å². The van der Waals surface area contributed by atoms with Crippen molar-refractivity contribution < 1.29 is 4.79 Å². The predicted molar refractivity (Wildman–Crippen MR) is 71.0 cm³/mol. The molecule has 2 atom stereocenters. The number of hydrogen-bond donors (Lipinski definition) is 0. The highest BCUT2D eigenvalue weighted by Gasteiger charge is 2.27. The van der Waals surface area contributed by atoms with Crippen molar-refractivity contribution in [3.8, 4) is 0 Å². The highest BCUT2D eigenvalue weighted by atomic mass is 16.1. The highest BCUT2D eigenvalue weighted by Crippen LogP contribution is 2.27. The summed E-state index contributed by atoms with van der Waals surface area (Å²) in [7, 11) is 0. The zero-order valence-electron chi connectivity index (χ0n) is 11.5. The van der Waals surface area contributed by atoms with Crippen LogP contribution in [0.1, 0.15) is 52.4 Å². The van der Waals surface area contributed by atoms with Gasteiger partial charge in [0.25, 0.3) is 0 Å².